The molecule has 2 aromatic heterocycles. The van der Waals surface area contributed by atoms with Crippen LogP contribution in [0.3, 0.4) is 0 Å². The van der Waals surface area contributed by atoms with Gasteiger partial charge in [0.2, 0.25) is 0 Å². The summed E-state index contributed by atoms with van der Waals surface area (Å²) in [6.07, 6.45) is 4.69. The van der Waals surface area contributed by atoms with Crippen molar-refractivity contribution in [3.63, 3.8) is 0 Å². The predicted molar refractivity (Wildman–Crippen MR) is 131 cm³/mol. The van der Waals surface area contributed by atoms with E-state index in [2.05, 4.69) is 15.0 Å². The third-order valence-electron chi connectivity index (χ3n) is 4.98. The number of benzene rings is 2. The van der Waals surface area contributed by atoms with Crippen LogP contribution in [0.4, 0.5) is 8.78 Å². The Bertz CT molecular complexity index is 1450. The molecular formula is C28H25F2N3O3. The van der Waals surface area contributed by atoms with Crippen LogP contribution in [0.1, 0.15) is 37.8 Å². The Morgan fingerprint density at radius 1 is 1.08 bits per heavy atom. The average Bonchev–Trinajstić information content (AvgIpc) is 3.34. The van der Waals surface area contributed by atoms with Crippen molar-refractivity contribution in [1.82, 2.24) is 9.97 Å². The van der Waals surface area contributed by atoms with Crippen LogP contribution in [-0.4, -0.2) is 21.5 Å². The van der Waals surface area contributed by atoms with Gasteiger partial charge in [-0.05, 0) is 50.6 Å². The molecule has 0 atom stereocenters. The molecule has 1 N–H and O–H groups in total. The predicted octanol–water partition coefficient (Wildman–Crippen LogP) is 5.82. The summed E-state index contributed by atoms with van der Waals surface area (Å²) < 4.78 is 39.3. The largest absolute Gasteiger partial charge is 0.465 e. The molecule has 0 aliphatic heterocycles. The second-order valence-electron chi connectivity index (χ2n) is 9.00. The molecule has 8 heteroatoms. The van der Waals surface area contributed by atoms with E-state index in [1.807, 2.05) is 30.3 Å². The minimum absolute atomic E-state index is 0.00519. The number of H-pyrrole nitrogens is 1. The van der Waals surface area contributed by atoms with Crippen LogP contribution >= 0.6 is 0 Å². The number of hydrogen-bond acceptors (Lipinski definition) is 5. The number of halogens is 2. The number of carbonyl (C=O) groups is 1. The van der Waals surface area contributed by atoms with E-state index >= 15 is 0 Å². The van der Waals surface area contributed by atoms with Crippen molar-refractivity contribution in [2.24, 2.45) is 4.99 Å². The summed E-state index contributed by atoms with van der Waals surface area (Å²) in [4.78, 5) is 25.1. The topological polar surface area (TPSA) is 80.5 Å². The van der Waals surface area contributed by atoms with E-state index in [1.165, 1.54) is 30.7 Å². The number of carbonyl (C=O) groups excluding carboxylic acids is 1. The van der Waals surface area contributed by atoms with Crippen molar-refractivity contribution >= 4 is 12.0 Å². The van der Waals surface area contributed by atoms with Crippen molar-refractivity contribution in [2.45, 2.75) is 32.8 Å². The normalized spacial score (nSPS) is 12.6. The Balaban J connectivity index is 1.87. The second-order valence-corrected chi connectivity index (χ2v) is 9.00. The lowest BCUT2D eigenvalue weighted by molar-refractivity contribution is -0.149. The van der Waals surface area contributed by atoms with Crippen LogP contribution < -0.4 is 5.49 Å². The molecule has 36 heavy (non-hydrogen) atoms. The Morgan fingerprint density at radius 3 is 2.56 bits per heavy atom. The lowest BCUT2D eigenvalue weighted by Gasteiger charge is -2.19. The molecule has 0 bridgehead atoms. The first-order valence-electron chi connectivity index (χ1n) is 11.3. The number of nitrogens with one attached hydrogen (secondary N) is 1. The van der Waals surface area contributed by atoms with Crippen LogP contribution in [0.5, 0.6) is 0 Å². The molecule has 4 aromatic rings. The summed E-state index contributed by atoms with van der Waals surface area (Å²) in [5.74, 6) is -2.21. The van der Waals surface area contributed by atoms with E-state index < -0.39 is 23.2 Å². The molecule has 0 fully saturated rings. The monoisotopic (exact) mass is 489 g/mol. The highest BCUT2D eigenvalue weighted by atomic mass is 19.2. The fourth-order valence-electron chi connectivity index (χ4n) is 3.40. The first kappa shape index (κ1) is 24.8. The van der Waals surface area contributed by atoms with Crippen molar-refractivity contribution in [3.8, 4) is 11.3 Å². The fraction of sp³-hybridized carbons (Fsp3) is 0.179. The van der Waals surface area contributed by atoms with E-state index in [1.54, 1.807) is 32.9 Å². The van der Waals surface area contributed by atoms with E-state index in [0.717, 1.165) is 11.6 Å². The molecule has 0 amide bonds. The lowest BCUT2D eigenvalue weighted by Crippen LogP contribution is -2.26. The van der Waals surface area contributed by atoms with Crippen molar-refractivity contribution in [2.75, 3.05) is 0 Å². The van der Waals surface area contributed by atoms with Gasteiger partial charge >= 0.3 is 5.97 Å². The highest BCUT2D eigenvalue weighted by molar-refractivity contribution is 5.93. The summed E-state index contributed by atoms with van der Waals surface area (Å²) in [6, 6.07) is 16.8. The van der Waals surface area contributed by atoms with Gasteiger partial charge < -0.3 is 14.1 Å². The Morgan fingerprint density at radius 2 is 1.86 bits per heavy atom. The maximum atomic E-state index is 14.5. The number of nitrogens with zero attached hydrogens (tertiary/aromatic N) is 2. The minimum atomic E-state index is -0.999. The number of rotatable bonds is 6. The number of esters is 1. The molecule has 184 valence electrons. The molecule has 0 aliphatic rings. The number of ether oxygens (including phenoxy) is 1. The van der Waals surface area contributed by atoms with Crippen molar-refractivity contribution in [1.29, 1.82) is 0 Å². The highest BCUT2D eigenvalue weighted by Crippen LogP contribution is 2.22. The molecule has 6 nitrogen and oxygen atoms in total. The number of aromatic nitrogens is 2. The second kappa shape index (κ2) is 10.5. The van der Waals surface area contributed by atoms with Crippen LogP contribution in [0.25, 0.3) is 17.3 Å². The molecule has 2 heterocycles. The van der Waals surface area contributed by atoms with Crippen molar-refractivity contribution < 1.29 is 22.7 Å². The van der Waals surface area contributed by atoms with E-state index in [9.17, 15) is 13.6 Å². The van der Waals surface area contributed by atoms with Gasteiger partial charge in [-0.25, -0.2) is 23.6 Å². The molecule has 0 aliphatic carbocycles. The Labute approximate surface area is 207 Å². The first-order valence-corrected chi connectivity index (χ1v) is 11.3. The quantitative estimate of drug-likeness (QED) is 0.273. The van der Waals surface area contributed by atoms with Gasteiger partial charge in [0, 0.05) is 24.3 Å². The maximum absolute atomic E-state index is 14.5. The molecule has 2 aromatic carbocycles. The smallest absolute Gasteiger partial charge is 0.357 e. The summed E-state index contributed by atoms with van der Waals surface area (Å²) in [6.45, 7) is 5.27. The van der Waals surface area contributed by atoms with Gasteiger partial charge in [0.15, 0.2) is 22.8 Å². The van der Waals surface area contributed by atoms with Gasteiger partial charge in [-0.15, -0.1) is 0 Å². The lowest BCUT2D eigenvalue weighted by atomic mass is 10.1. The van der Waals surface area contributed by atoms with Gasteiger partial charge in [0.05, 0.1) is 17.7 Å². The van der Waals surface area contributed by atoms with Crippen LogP contribution in [0, 0.1) is 11.6 Å². The molecule has 0 saturated heterocycles. The molecule has 0 radical (unpaired) electrons. The van der Waals surface area contributed by atoms with Crippen LogP contribution in [-0.2, 0) is 16.0 Å². The average molecular weight is 490 g/mol. The first-order chi connectivity index (χ1) is 17.2. The third-order valence-corrected chi connectivity index (χ3v) is 4.98. The molecule has 0 saturated carbocycles. The van der Waals surface area contributed by atoms with Crippen LogP contribution in [0.15, 0.2) is 88.2 Å². The van der Waals surface area contributed by atoms with E-state index in [4.69, 9.17) is 9.15 Å². The zero-order valence-corrected chi connectivity index (χ0v) is 20.1. The Kier molecular flexibility index (Phi) is 7.24. The molecule has 0 unspecified atom stereocenters. The SMILES string of the molecule is CC(C)(C)OC(=O)C(=C\c1ccco1)/N=c1\[nH]cc(-c2cccc(F)c2F)nc1Cc1ccccc1. The van der Waals surface area contributed by atoms with Gasteiger partial charge in [0.25, 0.3) is 0 Å². The fourth-order valence-corrected chi connectivity index (χ4v) is 3.40. The zero-order valence-electron chi connectivity index (χ0n) is 20.1. The number of aromatic amines is 1. The zero-order chi connectivity index (χ0) is 25.7. The third kappa shape index (κ3) is 6.21. The summed E-state index contributed by atoms with van der Waals surface area (Å²) in [5.41, 5.74) is 1.05. The van der Waals surface area contributed by atoms with Gasteiger partial charge in [0.1, 0.15) is 11.4 Å². The van der Waals surface area contributed by atoms with Gasteiger partial charge in [-0.1, -0.05) is 36.4 Å². The van der Waals surface area contributed by atoms with Gasteiger partial charge in [-0.3, -0.25) is 0 Å². The van der Waals surface area contributed by atoms with E-state index in [0.29, 0.717) is 17.9 Å². The van der Waals surface area contributed by atoms with Crippen LogP contribution in [0.2, 0.25) is 0 Å². The van der Waals surface area contributed by atoms with Crippen molar-refractivity contribution in [3.05, 3.63) is 113 Å². The summed E-state index contributed by atoms with van der Waals surface area (Å²) in [5, 5.41) is 0. The minimum Gasteiger partial charge on any atom is -0.465 e. The summed E-state index contributed by atoms with van der Waals surface area (Å²) in [7, 11) is 0. The molecule has 4 rings (SSSR count). The Hall–Kier alpha value is -4.33. The standard InChI is InChI=1S/C28H25F2N3O3/c1-28(2,3)36-27(34)23(16-19-11-8-14-35-19)33-26-22(15-18-9-5-4-6-10-18)32-24(17-31-26)20-12-7-13-21(29)25(20)30/h4-14,16-17H,15H2,1-3H3,(H,31,33)/b23-16+. The summed E-state index contributed by atoms with van der Waals surface area (Å²) >= 11 is 0. The van der Waals surface area contributed by atoms with E-state index in [-0.39, 0.29) is 22.4 Å². The van der Waals surface area contributed by atoms with Gasteiger partial charge in [-0.2, -0.15) is 0 Å². The molecule has 0 spiro atoms. The maximum Gasteiger partial charge on any atom is 0.357 e. The number of furan rings is 1. The number of hydrogen-bond donors (Lipinski definition) is 1. The highest BCUT2D eigenvalue weighted by Gasteiger charge is 2.21. The molecular weight excluding hydrogens is 464 g/mol.